The van der Waals surface area contributed by atoms with E-state index in [1.54, 1.807) is 6.20 Å². The molecule has 0 aromatic carbocycles. The highest BCUT2D eigenvalue weighted by Gasteiger charge is 2.24. The number of aryl methyl sites for hydroxylation is 1. The standard InChI is InChI=1S/C9H13N3O/c1-6-5-10-12-9(6)11-8(13)4-7-2-3-7/h5,7H,2-4H2,1H3,(H2,10,11,12,13). The Morgan fingerprint density at radius 3 is 3.08 bits per heavy atom. The number of H-pyrrole nitrogens is 1. The van der Waals surface area contributed by atoms with Crippen LogP contribution >= 0.6 is 0 Å². The summed E-state index contributed by atoms with van der Waals surface area (Å²) in [4.78, 5) is 11.4. The largest absolute Gasteiger partial charge is 0.311 e. The summed E-state index contributed by atoms with van der Waals surface area (Å²) in [7, 11) is 0. The number of carbonyl (C=O) groups excluding carboxylic acids is 1. The molecule has 0 atom stereocenters. The molecule has 70 valence electrons. The third-order valence-corrected chi connectivity index (χ3v) is 2.26. The molecule has 1 aliphatic carbocycles. The normalized spacial score (nSPS) is 15.8. The summed E-state index contributed by atoms with van der Waals surface area (Å²) in [5.41, 5.74) is 0.976. The Morgan fingerprint density at radius 2 is 2.54 bits per heavy atom. The number of nitrogens with zero attached hydrogens (tertiary/aromatic N) is 1. The van der Waals surface area contributed by atoms with Gasteiger partial charge in [0.05, 0.1) is 6.20 Å². The van der Waals surface area contributed by atoms with Crippen LogP contribution in [-0.2, 0) is 4.79 Å². The second kappa shape index (κ2) is 3.20. The van der Waals surface area contributed by atoms with Gasteiger partial charge >= 0.3 is 0 Å². The molecule has 0 radical (unpaired) electrons. The van der Waals surface area contributed by atoms with Crippen LogP contribution in [0, 0.1) is 12.8 Å². The molecule has 1 fully saturated rings. The maximum Gasteiger partial charge on any atom is 0.225 e. The third kappa shape index (κ3) is 2.08. The average Bonchev–Trinajstić information content (AvgIpc) is 2.79. The second-order valence-corrected chi connectivity index (χ2v) is 3.62. The van der Waals surface area contributed by atoms with Crippen LogP contribution in [0.3, 0.4) is 0 Å². The first-order chi connectivity index (χ1) is 6.25. The van der Waals surface area contributed by atoms with Gasteiger partial charge in [-0.1, -0.05) is 0 Å². The van der Waals surface area contributed by atoms with E-state index >= 15 is 0 Å². The predicted octanol–water partition coefficient (Wildman–Crippen LogP) is 1.46. The van der Waals surface area contributed by atoms with Gasteiger partial charge in [-0.15, -0.1) is 0 Å². The van der Waals surface area contributed by atoms with Gasteiger partial charge in [0.25, 0.3) is 0 Å². The lowest BCUT2D eigenvalue weighted by atomic mass is 10.3. The number of anilines is 1. The zero-order chi connectivity index (χ0) is 9.26. The molecule has 13 heavy (non-hydrogen) atoms. The lowest BCUT2D eigenvalue weighted by molar-refractivity contribution is -0.116. The first-order valence-corrected chi connectivity index (χ1v) is 4.55. The van der Waals surface area contributed by atoms with Crippen LogP contribution in [-0.4, -0.2) is 16.1 Å². The number of amides is 1. The fourth-order valence-corrected chi connectivity index (χ4v) is 1.25. The van der Waals surface area contributed by atoms with Crippen LogP contribution < -0.4 is 5.32 Å². The molecular weight excluding hydrogens is 166 g/mol. The quantitative estimate of drug-likeness (QED) is 0.738. The summed E-state index contributed by atoms with van der Waals surface area (Å²) in [6, 6.07) is 0. The Morgan fingerprint density at radius 1 is 1.77 bits per heavy atom. The molecule has 1 amide bonds. The number of hydrogen-bond donors (Lipinski definition) is 2. The van der Waals surface area contributed by atoms with Crippen LogP contribution in [0.25, 0.3) is 0 Å². The van der Waals surface area contributed by atoms with Crippen molar-refractivity contribution in [1.82, 2.24) is 10.2 Å². The lowest BCUT2D eigenvalue weighted by Gasteiger charge is -2.01. The van der Waals surface area contributed by atoms with Gasteiger partial charge in [-0.2, -0.15) is 5.10 Å². The van der Waals surface area contributed by atoms with Crippen LogP contribution in [0.4, 0.5) is 5.82 Å². The van der Waals surface area contributed by atoms with E-state index in [2.05, 4.69) is 15.5 Å². The third-order valence-electron chi connectivity index (χ3n) is 2.26. The smallest absolute Gasteiger partial charge is 0.225 e. The van der Waals surface area contributed by atoms with Crippen molar-refractivity contribution < 1.29 is 4.79 Å². The summed E-state index contributed by atoms with van der Waals surface area (Å²) >= 11 is 0. The summed E-state index contributed by atoms with van der Waals surface area (Å²) in [5, 5.41) is 9.38. The van der Waals surface area contributed by atoms with Crippen molar-refractivity contribution in [2.45, 2.75) is 26.2 Å². The van der Waals surface area contributed by atoms with E-state index in [1.807, 2.05) is 6.92 Å². The predicted molar refractivity (Wildman–Crippen MR) is 49.3 cm³/mol. The molecule has 1 aromatic heterocycles. The summed E-state index contributed by atoms with van der Waals surface area (Å²) in [5.74, 6) is 1.45. The van der Waals surface area contributed by atoms with Crippen molar-refractivity contribution in [3.63, 3.8) is 0 Å². The topological polar surface area (TPSA) is 57.8 Å². The molecule has 1 saturated carbocycles. The maximum atomic E-state index is 11.4. The first kappa shape index (κ1) is 8.29. The molecule has 4 heteroatoms. The number of aromatic amines is 1. The molecule has 1 aromatic rings. The van der Waals surface area contributed by atoms with Gasteiger partial charge in [0.1, 0.15) is 5.82 Å². The fourth-order valence-electron chi connectivity index (χ4n) is 1.25. The van der Waals surface area contributed by atoms with Crippen molar-refractivity contribution >= 4 is 11.7 Å². The number of hydrogen-bond acceptors (Lipinski definition) is 2. The molecule has 0 unspecified atom stereocenters. The number of aromatic nitrogens is 2. The summed E-state index contributed by atoms with van der Waals surface area (Å²) < 4.78 is 0. The minimum absolute atomic E-state index is 0.0925. The Labute approximate surface area is 76.7 Å². The molecule has 1 heterocycles. The van der Waals surface area contributed by atoms with Crippen molar-refractivity contribution in [2.75, 3.05) is 5.32 Å². The van der Waals surface area contributed by atoms with E-state index in [4.69, 9.17) is 0 Å². The van der Waals surface area contributed by atoms with Crippen molar-refractivity contribution in [1.29, 1.82) is 0 Å². The van der Waals surface area contributed by atoms with Crippen LogP contribution in [0.15, 0.2) is 6.20 Å². The highest BCUT2D eigenvalue weighted by molar-refractivity contribution is 5.90. The number of nitrogens with one attached hydrogen (secondary N) is 2. The maximum absolute atomic E-state index is 11.4. The van der Waals surface area contributed by atoms with E-state index < -0.39 is 0 Å². The minimum Gasteiger partial charge on any atom is -0.311 e. The van der Waals surface area contributed by atoms with Crippen molar-refractivity contribution in [3.8, 4) is 0 Å². The lowest BCUT2D eigenvalue weighted by Crippen LogP contribution is -2.12. The summed E-state index contributed by atoms with van der Waals surface area (Å²) in [6.45, 7) is 1.91. The van der Waals surface area contributed by atoms with E-state index in [9.17, 15) is 4.79 Å². The molecule has 1 aliphatic rings. The molecule has 0 saturated heterocycles. The van der Waals surface area contributed by atoms with Gasteiger partial charge in [-0.3, -0.25) is 9.89 Å². The SMILES string of the molecule is Cc1cn[nH]c1NC(=O)CC1CC1. The molecule has 0 spiro atoms. The average molecular weight is 179 g/mol. The Hall–Kier alpha value is -1.32. The van der Waals surface area contributed by atoms with E-state index in [1.165, 1.54) is 12.8 Å². The van der Waals surface area contributed by atoms with Crippen LogP contribution in [0.2, 0.25) is 0 Å². The van der Waals surface area contributed by atoms with Crippen LogP contribution in [0.1, 0.15) is 24.8 Å². The molecule has 0 aliphatic heterocycles. The molecule has 0 bridgehead atoms. The Kier molecular flexibility index (Phi) is 2.04. The van der Waals surface area contributed by atoms with Crippen LogP contribution in [0.5, 0.6) is 0 Å². The first-order valence-electron chi connectivity index (χ1n) is 4.55. The second-order valence-electron chi connectivity index (χ2n) is 3.62. The zero-order valence-corrected chi connectivity index (χ0v) is 7.63. The number of rotatable bonds is 3. The number of carbonyl (C=O) groups is 1. The molecule has 4 nitrogen and oxygen atoms in total. The highest BCUT2D eigenvalue weighted by atomic mass is 16.1. The summed E-state index contributed by atoms with van der Waals surface area (Å²) in [6.07, 6.45) is 4.76. The molecule has 2 rings (SSSR count). The highest BCUT2D eigenvalue weighted by Crippen LogP contribution is 2.32. The van der Waals surface area contributed by atoms with E-state index in [0.717, 1.165) is 11.4 Å². The fraction of sp³-hybridized carbons (Fsp3) is 0.556. The van der Waals surface area contributed by atoms with Gasteiger partial charge in [0.2, 0.25) is 5.91 Å². The minimum atomic E-state index is 0.0925. The van der Waals surface area contributed by atoms with Gasteiger partial charge in [-0.05, 0) is 25.7 Å². The molecule has 2 N–H and O–H groups in total. The van der Waals surface area contributed by atoms with E-state index in [0.29, 0.717) is 12.3 Å². The van der Waals surface area contributed by atoms with E-state index in [-0.39, 0.29) is 5.91 Å². The monoisotopic (exact) mass is 179 g/mol. The molecular formula is C9H13N3O. The van der Waals surface area contributed by atoms with Gasteiger partial charge in [0.15, 0.2) is 0 Å². The van der Waals surface area contributed by atoms with Crippen molar-refractivity contribution in [3.05, 3.63) is 11.8 Å². The van der Waals surface area contributed by atoms with Crippen molar-refractivity contribution in [2.24, 2.45) is 5.92 Å². The zero-order valence-electron chi connectivity index (χ0n) is 7.63. The van der Waals surface area contributed by atoms with Gasteiger partial charge < -0.3 is 5.32 Å². The van der Waals surface area contributed by atoms with Gasteiger partial charge in [0, 0.05) is 12.0 Å². The van der Waals surface area contributed by atoms with Gasteiger partial charge in [-0.25, -0.2) is 0 Å². The Bertz CT molecular complexity index is 314. The Balaban J connectivity index is 1.89.